The van der Waals surface area contributed by atoms with Crippen LogP contribution in [0.4, 0.5) is 0 Å². The number of carbonyl (C=O) groups excluding carboxylic acids is 3. The summed E-state index contributed by atoms with van der Waals surface area (Å²) in [5.41, 5.74) is 1.46. The molecule has 0 amide bonds. The van der Waals surface area contributed by atoms with Gasteiger partial charge < -0.3 is 34.3 Å². The molecule has 2 aromatic carbocycles. The van der Waals surface area contributed by atoms with Crippen LogP contribution in [0.5, 0.6) is 17.2 Å². The van der Waals surface area contributed by atoms with Gasteiger partial charge in [0.15, 0.2) is 6.29 Å². The molecule has 0 radical (unpaired) electrons. The number of Topliss-reactive ketones (excluding diaryl/α,β-unsaturated/α-hetero) is 1. The number of hydrogen-bond acceptors (Lipinski definition) is 11. The van der Waals surface area contributed by atoms with E-state index in [4.69, 9.17) is 18.9 Å². The lowest BCUT2D eigenvalue weighted by atomic mass is 9.71. The predicted octanol–water partition coefficient (Wildman–Crippen LogP) is 2.07. The van der Waals surface area contributed by atoms with Gasteiger partial charge in [0.2, 0.25) is 5.76 Å². The summed E-state index contributed by atoms with van der Waals surface area (Å²) >= 11 is 0. The molecule has 0 saturated heterocycles. The summed E-state index contributed by atoms with van der Waals surface area (Å²) in [6, 6.07) is 5.67. The highest BCUT2D eigenvalue weighted by atomic mass is 16.6. The summed E-state index contributed by atoms with van der Waals surface area (Å²) in [4.78, 5) is 44.7. The lowest BCUT2D eigenvalue weighted by Gasteiger charge is -2.35. The molecule has 2 aliphatic carbocycles. The fourth-order valence-electron chi connectivity index (χ4n) is 7.85. The predicted molar refractivity (Wildman–Crippen MR) is 172 cm³/mol. The molecule has 0 spiro atoms. The molecule has 1 saturated carbocycles. The first kappa shape index (κ1) is 32.0. The largest absolute Gasteiger partial charge is 0.496 e. The van der Waals surface area contributed by atoms with E-state index >= 15 is 0 Å². The Morgan fingerprint density at radius 2 is 2.02 bits per heavy atom. The molecule has 48 heavy (non-hydrogen) atoms. The first-order valence-corrected chi connectivity index (χ1v) is 16.2. The van der Waals surface area contributed by atoms with E-state index < -0.39 is 48.6 Å². The molecular weight excluding hydrogens is 618 g/mol. The summed E-state index contributed by atoms with van der Waals surface area (Å²) in [5.74, 6) is -2.69. The Kier molecular flexibility index (Phi) is 8.09. The number of aliphatic hydroxyl groups excluding tert-OH is 2. The van der Waals surface area contributed by atoms with Crippen molar-refractivity contribution in [2.24, 2.45) is 10.9 Å². The fraction of sp³-hybridized carbons (Fsp3) is 0.405. The van der Waals surface area contributed by atoms with Gasteiger partial charge in [-0.3, -0.25) is 14.6 Å². The molecule has 250 valence electrons. The van der Waals surface area contributed by atoms with Gasteiger partial charge in [0.25, 0.3) is 0 Å². The standard InChI is InChI=1S/C37H37NO10/c1-4-46-36(43)33-24(16-40)27(20-13-21(15-39)30(42)23(14-20)18-7-8-26-19(12-18)9-11-38-26)29-32(47-33)25(17-41)31-28(34(29)45-3)22-6-5-10-37(2,44)35(22)48-31/h5-9,12,16,21-23,35,39,41,44H,4,10-11,13-15,17H2,1-3H3/b27-20+/t21-,22-,23-,35-,37+/m0/s1. The second-order valence-electron chi connectivity index (χ2n) is 12.9. The van der Waals surface area contributed by atoms with Crippen molar-refractivity contribution in [2.45, 2.75) is 63.3 Å². The molecular formula is C37H37NO10. The molecule has 0 unspecified atom stereocenters. The van der Waals surface area contributed by atoms with Gasteiger partial charge in [-0.1, -0.05) is 29.9 Å². The van der Waals surface area contributed by atoms with Crippen molar-refractivity contribution in [3.8, 4) is 17.2 Å². The number of rotatable bonds is 7. The molecule has 5 aliphatic rings. The summed E-state index contributed by atoms with van der Waals surface area (Å²) in [5, 5.41) is 34.4. The molecule has 0 aromatic heterocycles. The Morgan fingerprint density at radius 3 is 2.73 bits per heavy atom. The third kappa shape index (κ3) is 4.83. The van der Waals surface area contributed by atoms with Crippen LogP contribution in [-0.2, 0) is 25.7 Å². The smallest absolute Gasteiger partial charge is 0.375 e. The van der Waals surface area contributed by atoms with Crippen LogP contribution < -0.4 is 24.8 Å². The van der Waals surface area contributed by atoms with Crippen molar-refractivity contribution in [3.63, 3.8) is 0 Å². The molecule has 3 aliphatic heterocycles. The number of ether oxygens (including phenoxy) is 4. The number of fused-ring (bicyclic) bond motifs is 5. The Labute approximate surface area is 276 Å². The Morgan fingerprint density at radius 1 is 1.21 bits per heavy atom. The summed E-state index contributed by atoms with van der Waals surface area (Å²) in [6.07, 6.45) is 6.23. The number of carbonyl (C=O) groups is 3. The van der Waals surface area contributed by atoms with E-state index in [0.717, 1.165) is 16.1 Å². The SMILES string of the molecule is CCOC(=O)C1=C(C=O)/C(=C2/C[C@@H](CO)C(=O)[C@H](c3ccc4c(c3)=CCN=4)C2)c2c(c(CO)c3c(c2OC)[C@@H]2C=CC[C@@](C)(O)[C@H]2O3)O1. The third-order valence-electron chi connectivity index (χ3n) is 10.1. The van der Waals surface area contributed by atoms with E-state index in [1.165, 1.54) is 7.11 Å². The van der Waals surface area contributed by atoms with Gasteiger partial charge in [-0.25, -0.2) is 4.79 Å². The monoisotopic (exact) mass is 655 g/mol. The molecule has 3 heterocycles. The average molecular weight is 656 g/mol. The molecule has 7 rings (SSSR count). The zero-order valence-electron chi connectivity index (χ0n) is 26.9. The van der Waals surface area contributed by atoms with Gasteiger partial charge in [-0.2, -0.15) is 0 Å². The van der Waals surface area contributed by atoms with Crippen LogP contribution in [-0.4, -0.2) is 71.9 Å². The van der Waals surface area contributed by atoms with E-state index in [2.05, 4.69) is 4.99 Å². The van der Waals surface area contributed by atoms with Crippen molar-refractivity contribution in [3.05, 3.63) is 80.1 Å². The number of aliphatic hydroxyl groups is 3. The van der Waals surface area contributed by atoms with Crippen LogP contribution in [0.25, 0.3) is 11.6 Å². The molecule has 11 heteroatoms. The zero-order valence-corrected chi connectivity index (χ0v) is 26.9. The number of methoxy groups -OCH3 is 1. The Bertz CT molecular complexity index is 1970. The number of hydrogen-bond donors (Lipinski definition) is 3. The van der Waals surface area contributed by atoms with E-state index in [9.17, 15) is 29.7 Å². The van der Waals surface area contributed by atoms with Crippen LogP contribution in [0.3, 0.4) is 0 Å². The number of aldehydes is 1. The quantitative estimate of drug-likeness (QED) is 0.229. The van der Waals surface area contributed by atoms with Gasteiger partial charge >= 0.3 is 5.97 Å². The van der Waals surface area contributed by atoms with E-state index in [1.807, 2.05) is 36.4 Å². The lowest BCUT2D eigenvalue weighted by Crippen LogP contribution is -2.45. The molecule has 11 nitrogen and oxygen atoms in total. The molecule has 3 N–H and O–H groups in total. The van der Waals surface area contributed by atoms with Crippen molar-refractivity contribution in [1.29, 1.82) is 0 Å². The molecule has 1 fully saturated rings. The minimum atomic E-state index is -1.24. The zero-order chi connectivity index (χ0) is 33.9. The normalized spacial score (nSPS) is 28.2. The van der Waals surface area contributed by atoms with Gasteiger partial charge in [-0.05, 0) is 56.0 Å². The van der Waals surface area contributed by atoms with Gasteiger partial charge in [0.05, 0.1) is 55.5 Å². The highest BCUT2D eigenvalue weighted by Gasteiger charge is 2.51. The summed E-state index contributed by atoms with van der Waals surface area (Å²) < 4.78 is 24.0. The fourth-order valence-corrected chi connectivity index (χ4v) is 7.85. The van der Waals surface area contributed by atoms with Crippen LogP contribution in [0, 0.1) is 5.92 Å². The molecule has 5 atom stereocenters. The van der Waals surface area contributed by atoms with Crippen molar-refractivity contribution >= 4 is 29.7 Å². The number of allylic oxidation sites excluding steroid dienone is 3. The van der Waals surface area contributed by atoms with Crippen molar-refractivity contribution in [2.75, 3.05) is 26.9 Å². The second-order valence-corrected chi connectivity index (χ2v) is 12.9. The van der Waals surface area contributed by atoms with Gasteiger partial charge in [-0.15, -0.1) is 0 Å². The molecule has 2 aromatic rings. The van der Waals surface area contributed by atoms with E-state index in [-0.39, 0.29) is 53.6 Å². The maximum Gasteiger partial charge on any atom is 0.375 e. The van der Waals surface area contributed by atoms with Crippen LogP contribution >= 0.6 is 0 Å². The number of ketones is 1. The third-order valence-corrected chi connectivity index (χ3v) is 10.1. The Balaban J connectivity index is 1.52. The lowest BCUT2D eigenvalue weighted by molar-refractivity contribution is -0.141. The van der Waals surface area contributed by atoms with Crippen LogP contribution in [0.1, 0.15) is 67.2 Å². The maximum absolute atomic E-state index is 13.8. The van der Waals surface area contributed by atoms with E-state index in [1.54, 1.807) is 13.8 Å². The first-order chi connectivity index (χ1) is 23.2. The van der Waals surface area contributed by atoms with Crippen molar-refractivity contribution < 1.29 is 48.7 Å². The van der Waals surface area contributed by atoms with Crippen LogP contribution in [0.15, 0.2) is 52.2 Å². The van der Waals surface area contributed by atoms with Gasteiger partial charge in [0, 0.05) is 28.9 Å². The maximum atomic E-state index is 13.8. The number of nitrogens with zero attached hydrogens (tertiary/aromatic N) is 1. The average Bonchev–Trinajstić information content (AvgIpc) is 3.72. The summed E-state index contributed by atoms with van der Waals surface area (Å²) in [7, 11) is 1.47. The second kappa shape index (κ2) is 12.1. The van der Waals surface area contributed by atoms with Crippen molar-refractivity contribution in [1.82, 2.24) is 0 Å². The topological polar surface area (TPSA) is 161 Å². The summed E-state index contributed by atoms with van der Waals surface area (Å²) in [6.45, 7) is 2.89. The number of esters is 1. The number of benzene rings is 2. The highest BCUT2D eigenvalue weighted by Crippen LogP contribution is 2.60. The Hall–Kier alpha value is -4.58. The minimum absolute atomic E-state index is 0.00956. The van der Waals surface area contributed by atoms with Crippen LogP contribution in [0.2, 0.25) is 0 Å². The first-order valence-electron chi connectivity index (χ1n) is 16.2. The highest BCUT2D eigenvalue weighted by molar-refractivity contribution is 6.11. The molecule has 0 bridgehead atoms. The van der Waals surface area contributed by atoms with Gasteiger partial charge in [0.1, 0.15) is 34.7 Å². The van der Waals surface area contributed by atoms with E-state index in [0.29, 0.717) is 47.3 Å². The minimum Gasteiger partial charge on any atom is -0.496 e.